The van der Waals surface area contributed by atoms with E-state index in [1.54, 1.807) is 0 Å². The predicted molar refractivity (Wildman–Crippen MR) is 261 cm³/mol. The molecule has 0 radical (unpaired) electrons. The Morgan fingerprint density at radius 3 is 1.26 bits per heavy atom. The van der Waals surface area contributed by atoms with Gasteiger partial charge in [0.05, 0.1) is 79.3 Å². The molecule has 6 aromatic carbocycles. The second-order valence-electron chi connectivity index (χ2n) is 17.5. The molecule has 0 amide bonds. The van der Waals surface area contributed by atoms with Crippen molar-refractivity contribution in [3.63, 3.8) is 0 Å². The second-order valence-corrected chi connectivity index (χ2v) is 17.5. The number of hydrogen-bond acceptors (Lipinski definition) is 12. The van der Waals surface area contributed by atoms with Crippen LogP contribution in [0.4, 0.5) is 0 Å². The van der Waals surface area contributed by atoms with Gasteiger partial charge in [0, 0.05) is 17.0 Å². The van der Waals surface area contributed by atoms with Gasteiger partial charge in [0.25, 0.3) is 0 Å². The van der Waals surface area contributed by atoms with Gasteiger partial charge in [-0.15, -0.1) is 0 Å². The van der Waals surface area contributed by atoms with Gasteiger partial charge in [0.2, 0.25) is 0 Å². The van der Waals surface area contributed by atoms with Crippen molar-refractivity contribution in [2.45, 2.75) is 30.3 Å². The summed E-state index contributed by atoms with van der Waals surface area (Å²) in [6, 6.07) is 48.6. The highest BCUT2D eigenvalue weighted by atomic mass is 16.6. The van der Waals surface area contributed by atoms with Crippen LogP contribution in [0.25, 0.3) is 33.4 Å². The molecule has 4 saturated heterocycles. The average molecular weight is 937 g/mol. The van der Waals surface area contributed by atoms with Crippen LogP contribution in [0.15, 0.2) is 140 Å². The van der Waals surface area contributed by atoms with Gasteiger partial charge in [-0.25, -0.2) is 0 Å². The zero-order valence-electron chi connectivity index (χ0n) is 38.9. The molecule has 6 aromatic rings. The molecule has 4 aliphatic heterocycles. The largest absolute Gasteiger partial charge is 0.491 e. The lowest BCUT2D eigenvalue weighted by Gasteiger charge is -2.27. The highest BCUT2D eigenvalue weighted by Gasteiger charge is 2.28. The quantitative estimate of drug-likeness (QED) is 0.0266. The Hall–Kier alpha value is -5.80. The van der Waals surface area contributed by atoms with Gasteiger partial charge in [-0.1, -0.05) is 91.0 Å². The van der Waals surface area contributed by atoms with Crippen LogP contribution in [0, 0.1) is 0 Å². The lowest BCUT2D eigenvalue weighted by Crippen LogP contribution is -2.37. The molecule has 10 rings (SSSR count). The van der Waals surface area contributed by atoms with Crippen LogP contribution in [0.2, 0.25) is 0 Å². The maximum atomic E-state index is 6.73. The Labute approximate surface area is 404 Å². The van der Waals surface area contributed by atoms with E-state index in [4.69, 9.17) is 56.8 Å². The van der Waals surface area contributed by atoms with Gasteiger partial charge < -0.3 is 56.8 Å². The van der Waals surface area contributed by atoms with Crippen molar-refractivity contribution >= 4 is 0 Å². The van der Waals surface area contributed by atoms with Crippen molar-refractivity contribution in [3.05, 3.63) is 156 Å². The lowest BCUT2D eigenvalue weighted by molar-refractivity contribution is -0.132. The van der Waals surface area contributed by atoms with E-state index >= 15 is 0 Å². The molecular formula is C57H60O12. The van der Waals surface area contributed by atoms with Crippen molar-refractivity contribution in [2.24, 2.45) is 0 Å². The lowest BCUT2D eigenvalue weighted by atomic mass is 9.81. The molecule has 3 unspecified atom stereocenters. The van der Waals surface area contributed by atoms with Gasteiger partial charge >= 0.3 is 0 Å². The molecule has 0 N–H and O–H groups in total. The molecule has 360 valence electrons. The summed E-state index contributed by atoms with van der Waals surface area (Å²) in [4.78, 5) is 0. The molecule has 4 fully saturated rings. The molecule has 4 aliphatic rings. The van der Waals surface area contributed by atoms with Crippen LogP contribution in [0.1, 0.15) is 22.6 Å². The van der Waals surface area contributed by atoms with E-state index in [-0.39, 0.29) is 30.3 Å². The Bertz CT molecular complexity index is 2500. The standard InChI is InChI=1S/C57H60O12/c1-2-4-40(5-3-1)41-6-8-44(9-7-41)57(53-30-45(14-20-55(53)66-25-23-59-33-52-39-69-52)42-10-16-47(17-11-42)62-24-22-58-32-51-38-68-51)54-31-46(15-21-56(54)67-29-28-65-50-36-61-37-50)43-12-18-48(19-13-43)63-26-27-64-49-34-60-35-49/h1-21,30-31,49-52,57H,22-29,32-39H2. The van der Waals surface area contributed by atoms with Crippen LogP contribution in [-0.4, -0.2) is 130 Å². The molecule has 12 nitrogen and oxygen atoms in total. The van der Waals surface area contributed by atoms with Crippen molar-refractivity contribution in [2.75, 3.05) is 106 Å². The minimum atomic E-state index is -0.339. The SMILES string of the molecule is c1ccc(-c2ccc(C(c3cc(-c4ccc(OCCOCC5CO5)cc4)ccc3OCCOCC3CO3)c3cc(-c4ccc(OCCOC5COC5)cc4)ccc3OCCOC3COC3)cc2)cc1. The predicted octanol–water partition coefficient (Wildman–Crippen LogP) is 9.04. The van der Waals surface area contributed by atoms with E-state index in [9.17, 15) is 0 Å². The fourth-order valence-electron chi connectivity index (χ4n) is 8.23. The van der Waals surface area contributed by atoms with Gasteiger partial charge in [0.15, 0.2) is 0 Å². The molecule has 0 aliphatic carbocycles. The fraction of sp³-hybridized carbons (Fsp3) is 0.368. The summed E-state index contributed by atoms with van der Waals surface area (Å²) in [5.41, 5.74) is 9.44. The third-order valence-electron chi connectivity index (χ3n) is 12.4. The molecule has 69 heavy (non-hydrogen) atoms. The van der Waals surface area contributed by atoms with Crippen LogP contribution in [-0.2, 0) is 37.9 Å². The third-order valence-corrected chi connectivity index (χ3v) is 12.4. The number of rotatable bonds is 28. The first kappa shape index (κ1) is 46.9. The minimum Gasteiger partial charge on any atom is -0.491 e. The van der Waals surface area contributed by atoms with Crippen molar-refractivity contribution in [1.82, 2.24) is 0 Å². The summed E-state index contributed by atoms with van der Waals surface area (Å²) in [6.07, 6.45) is 0.653. The van der Waals surface area contributed by atoms with Crippen LogP contribution >= 0.6 is 0 Å². The summed E-state index contributed by atoms with van der Waals surface area (Å²) < 4.78 is 70.3. The number of hydrogen-bond donors (Lipinski definition) is 0. The molecule has 4 heterocycles. The third kappa shape index (κ3) is 13.3. The maximum absolute atomic E-state index is 6.73. The van der Waals surface area contributed by atoms with E-state index < -0.39 is 0 Å². The topological polar surface area (TPSA) is 117 Å². The van der Waals surface area contributed by atoms with Crippen LogP contribution in [0.3, 0.4) is 0 Å². The van der Waals surface area contributed by atoms with Crippen molar-refractivity contribution in [1.29, 1.82) is 0 Å². The number of ether oxygens (including phenoxy) is 12. The Kier molecular flexibility index (Phi) is 16.1. The molecule has 0 bridgehead atoms. The van der Waals surface area contributed by atoms with E-state index in [1.807, 2.05) is 30.3 Å². The van der Waals surface area contributed by atoms with Crippen molar-refractivity contribution in [3.8, 4) is 56.4 Å². The monoisotopic (exact) mass is 936 g/mol. The van der Waals surface area contributed by atoms with E-state index in [0.29, 0.717) is 92.5 Å². The first-order valence-corrected chi connectivity index (χ1v) is 24.1. The summed E-state index contributed by atoms with van der Waals surface area (Å²) >= 11 is 0. The van der Waals surface area contributed by atoms with Gasteiger partial charge in [0.1, 0.15) is 73.8 Å². The fourth-order valence-corrected chi connectivity index (χ4v) is 8.23. The first-order valence-electron chi connectivity index (χ1n) is 24.1. The summed E-state index contributed by atoms with van der Waals surface area (Å²) in [5, 5.41) is 0. The molecule has 0 saturated carbocycles. The summed E-state index contributed by atoms with van der Waals surface area (Å²) in [5.74, 6) is 2.72. The first-order chi connectivity index (χ1) is 34.2. The maximum Gasteiger partial charge on any atom is 0.123 e. The Morgan fingerprint density at radius 2 is 0.797 bits per heavy atom. The summed E-state index contributed by atoms with van der Waals surface area (Å²) in [7, 11) is 0. The molecule has 0 spiro atoms. The van der Waals surface area contributed by atoms with Crippen LogP contribution < -0.4 is 18.9 Å². The molecule has 3 atom stereocenters. The van der Waals surface area contributed by atoms with E-state index in [1.165, 1.54) is 0 Å². The second kappa shape index (κ2) is 23.7. The van der Waals surface area contributed by atoms with E-state index in [0.717, 1.165) is 86.3 Å². The molecule has 0 aromatic heterocycles. The number of epoxide rings is 2. The smallest absolute Gasteiger partial charge is 0.123 e. The number of benzene rings is 6. The molecular weight excluding hydrogens is 877 g/mol. The van der Waals surface area contributed by atoms with Gasteiger partial charge in [-0.3, -0.25) is 0 Å². The molecule has 12 heteroatoms. The average Bonchev–Trinajstić information content (AvgIpc) is 4.32. The Balaban J connectivity index is 0.998. The normalized spacial score (nSPS) is 17.9. The minimum absolute atomic E-state index is 0.0912. The zero-order chi connectivity index (χ0) is 46.5. The summed E-state index contributed by atoms with van der Waals surface area (Å²) in [6.45, 7) is 8.69. The van der Waals surface area contributed by atoms with Gasteiger partial charge in [-0.05, 0) is 87.5 Å². The zero-order valence-corrected chi connectivity index (χ0v) is 38.9. The van der Waals surface area contributed by atoms with Gasteiger partial charge in [-0.2, -0.15) is 0 Å². The highest BCUT2D eigenvalue weighted by molar-refractivity contribution is 5.72. The van der Waals surface area contributed by atoms with E-state index in [2.05, 4.69) is 109 Å². The van der Waals surface area contributed by atoms with Crippen LogP contribution in [0.5, 0.6) is 23.0 Å². The Morgan fingerprint density at radius 1 is 0.391 bits per heavy atom. The highest BCUT2D eigenvalue weighted by Crippen LogP contribution is 2.45. The van der Waals surface area contributed by atoms with Crippen molar-refractivity contribution < 1.29 is 56.8 Å².